The Kier molecular flexibility index (Phi) is 4.40. The molecule has 0 heterocycles. The molecule has 0 aromatic heterocycles. The van der Waals surface area contributed by atoms with Crippen LogP contribution < -0.4 is 0 Å². The second-order valence-corrected chi connectivity index (χ2v) is 6.87. The molecule has 0 aromatic rings. The van der Waals surface area contributed by atoms with Crippen LogP contribution in [0.4, 0.5) is 0 Å². The molecule has 0 bridgehead atoms. The van der Waals surface area contributed by atoms with Crippen LogP contribution in [0, 0.1) is 5.92 Å². The zero-order valence-corrected chi connectivity index (χ0v) is 11.1. The van der Waals surface area contributed by atoms with Crippen molar-refractivity contribution in [2.24, 2.45) is 5.92 Å². The average Bonchev–Trinajstić information content (AvgIpc) is 2.82. The Bertz CT molecular complexity index is 273. The lowest BCUT2D eigenvalue weighted by Crippen LogP contribution is -2.40. The number of alkyl halides is 1. The van der Waals surface area contributed by atoms with E-state index in [9.17, 15) is 8.42 Å². The summed E-state index contributed by atoms with van der Waals surface area (Å²) in [5.74, 6) is 0.773. The minimum absolute atomic E-state index is 0.0660. The molecule has 0 atom stereocenters. The van der Waals surface area contributed by atoms with E-state index >= 15 is 0 Å². The third kappa shape index (κ3) is 3.51. The Balaban J connectivity index is 2.63. The van der Waals surface area contributed by atoms with Crippen molar-refractivity contribution in [3.05, 3.63) is 0 Å². The standard InChI is InChI=1S/C9H18BrNO2S/c1-8(2)11(6-5-10)14(12,13)7-9-3-4-9/h8-9H,3-7H2,1-2H3. The van der Waals surface area contributed by atoms with Gasteiger partial charge in [-0.15, -0.1) is 0 Å². The van der Waals surface area contributed by atoms with Gasteiger partial charge < -0.3 is 0 Å². The van der Waals surface area contributed by atoms with Gasteiger partial charge in [0.25, 0.3) is 0 Å². The van der Waals surface area contributed by atoms with Gasteiger partial charge in [-0.1, -0.05) is 15.9 Å². The van der Waals surface area contributed by atoms with E-state index in [1.54, 1.807) is 4.31 Å². The Morgan fingerprint density at radius 3 is 2.36 bits per heavy atom. The van der Waals surface area contributed by atoms with Crippen LogP contribution in [-0.2, 0) is 10.0 Å². The molecule has 1 aliphatic rings. The molecule has 0 unspecified atom stereocenters. The van der Waals surface area contributed by atoms with Crippen molar-refractivity contribution in [3.63, 3.8) is 0 Å². The van der Waals surface area contributed by atoms with E-state index in [1.807, 2.05) is 13.8 Å². The molecule has 84 valence electrons. The quantitative estimate of drug-likeness (QED) is 0.698. The van der Waals surface area contributed by atoms with Crippen molar-refractivity contribution in [2.45, 2.75) is 32.7 Å². The molecule has 0 spiro atoms. The Labute approximate surface area is 95.0 Å². The zero-order chi connectivity index (χ0) is 10.8. The maximum absolute atomic E-state index is 11.9. The van der Waals surface area contributed by atoms with Crippen molar-refractivity contribution in [3.8, 4) is 0 Å². The first kappa shape index (κ1) is 12.5. The normalized spacial score (nSPS) is 18.1. The van der Waals surface area contributed by atoms with Crippen LogP contribution in [0.25, 0.3) is 0 Å². The van der Waals surface area contributed by atoms with Crippen LogP contribution in [0.3, 0.4) is 0 Å². The fourth-order valence-corrected chi connectivity index (χ4v) is 4.23. The smallest absolute Gasteiger partial charge is 0.212 e. The second-order valence-electron chi connectivity index (χ2n) is 4.12. The van der Waals surface area contributed by atoms with Crippen LogP contribution in [0.5, 0.6) is 0 Å². The van der Waals surface area contributed by atoms with Crippen LogP contribution >= 0.6 is 15.9 Å². The summed E-state index contributed by atoms with van der Waals surface area (Å²) in [7, 11) is -3.02. The highest BCUT2D eigenvalue weighted by Crippen LogP contribution is 2.31. The summed E-state index contributed by atoms with van der Waals surface area (Å²) in [6, 6.07) is 0.0660. The monoisotopic (exact) mass is 283 g/mol. The zero-order valence-electron chi connectivity index (χ0n) is 8.74. The third-order valence-electron chi connectivity index (χ3n) is 2.38. The SMILES string of the molecule is CC(C)N(CCBr)S(=O)(=O)CC1CC1. The van der Waals surface area contributed by atoms with E-state index in [-0.39, 0.29) is 6.04 Å². The van der Waals surface area contributed by atoms with E-state index < -0.39 is 10.0 Å². The molecule has 1 saturated carbocycles. The summed E-state index contributed by atoms with van der Waals surface area (Å²) in [6.07, 6.45) is 2.17. The molecule has 0 radical (unpaired) electrons. The maximum Gasteiger partial charge on any atom is 0.214 e. The largest absolute Gasteiger partial charge is 0.214 e. The fraction of sp³-hybridized carbons (Fsp3) is 1.00. The summed E-state index contributed by atoms with van der Waals surface area (Å²) in [5, 5.41) is 0.703. The number of rotatable bonds is 6. The predicted octanol–water partition coefficient (Wildman–Crippen LogP) is 1.83. The predicted molar refractivity (Wildman–Crippen MR) is 62.1 cm³/mol. The Hall–Kier alpha value is 0.390. The van der Waals surface area contributed by atoms with Crippen LogP contribution in [0.1, 0.15) is 26.7 Å². The molecule has 0 aromatic carbocycles. The highest BCUT2D eigenvalue weighted by molar-refractivity contribution is 9.09. The van der Waals surface area contributed by atoms with E-state index in [0.29, 0.717) is 23.5 Å². The summed E-state index contributed by atoms with van der Waals surface area (Å²) in [5.41, 5.74) is 0. The molecule has 14 heavy (non-hydrogen) atoms. The van der Waals surface area contributed by atoms with Crippen molar-refractivity contribution in [1.29, 1.82) is 0 Å². The topological polar surface area (TPSA) is 37.4 Å². The number of sulfonamides is 1. The molecule has 5 heteroatoms. The Morgan fingerprint density at radius 2 is 2.00 bits per heavy atom. The van der Waals surface area contributed by atoms with E-state index in [2.05, 4.69) is 15.9 Å². The molecule has 0 aliphatic heterocycles. The maximum atomic E-state index is 11.9. The van der Waals surface area contributed by atoms with Crippen LogP contribution in [0.2, 0.25) is 0 Å². The minimum atomic E-state index is -3.02. The van der Waals surface area contributed by atoms with Crippen LogP contribution in [-0.4, -0.2) is 36.4 Å². The van der Waals surface area contributed by atoms with Crippen LogP contribution in [0.15, 0.2) is 0 Å². The van der Waals surface area contributed by atoms with Gasteiger partial charge >= 0.3 is 0 Å². The first-order chi connectivity index (χ1) is 6.47. The van der Waals surface area contributed by atoms with Gasteiger partial charge in [0, 0.05) is 17.9 Å². The van der Waals surface area contributed by atoms with Crippen molar-refractivity contribution < 1.29 is 8.42 Å². The van der Waals surface area contributed by atoms with E-state index in [1.165, 1.54) is 0 Å². The molecule has 0 saturated heterocycles. The molecule has 1 rings (SSSR count). The lowest BCUT2D eigenvalue weighted by Gasteiger charge is -2.24. The van der Waals surface area contributed by atoms with Crippen molar-refractivity contribution >= 4 is 26.0 Å². The number of halogens is 1. The molecule has 1 fully saturated rings. The summed E-state index contributed by atoms with van der Waals surface area (Å²) >= 11 is 3.29. The summed E-state index contributed by atoms with van der Waals surface area (Å²) < 4.78 is 25.4. The van der Waals surface area contributed by atoms with Crippen molar-refractivity contribution in [1.82, 2.24) is 4.31 Å². The van der Waals surface area contributed by atoms with E-state index in [0.717, 1.165) is 12.8 Å². The van der Waals surface area contributed by atoms with Gasteiger partial charge in [-0.05, 0) is 32.6 Å². The highest BCUT2D eigenvalue weighted by Gasteiger charge is 2.32. The van der Waals surface area contributed by atoms with Crippen molar-refractivity contribution in [2.75, 3.05) is 17.6 Å². The first-order valence-corrected chi connectivity index (χ1v) is 7.76. The van der Waals surface area contributed by atoms with E-state index in [4.69, 9.17) is 0 Å². The van der Waals surface area contributed by atoms with Gasteiger partial charge in [-0.3, -0.25) is 0 Å². The third-order valence-corrected chi connectivity index (χ3v) is 4.95. The van der Waals surface area contributed by atoms with Gasteiger partial charge in [-0.25, -0.2) is 8.42 Å². The first-order valence-electron chi connectivity index (χ1n) is 5.03. The minimum Gasteiger partial charge on any atom is -0.212 e. The van der Waals surface area contributed by atoms with Gasteiger partial charge in [0.1, 0.15) is 0 Å². The van der Waals surface area contributed by atoms with Gasteiger partial charge in [-0.2, -0.15) is 4.31 Å². The molecular formula is C9H18BrNO2S. The lowest BCUT2D eigenvalue weighted by atomic mass is 10.4. The summed E-state index contributed by atoms with van der Waals surface area (Å²) in [6.45, 7) is 4.42. The number of hydrogen-bond acceptors (Lipinski definition) is 2. The number of hydrogen-bond donors (Lipinski definition) is 0. The van der Waals surface area contributed by atoms with Gasteiger partial charge in [0.05, 0.1) is 5.75 Å². The average molecular weight is 284 g/mol. The Morgan fingerprint density at radius 1 is 1.43 bits per heavy atom. The second kappa shape index (κ2) is 4.94. The highest BCUT2D eigenvalue weighted by atomic mass is 79.9. The molecule has 0 amide bonds. The fourth-order valence-electron chi connectivity index (χ4n) is 1.48. The number of nitrogens with zero attached hydrogens (tertiary/aromatic N) is 1. The lowest BCUT2D eigenvalue weighted by molar-refractivity contribution is 0.371. The van der Waals surface area contributed by atoms with Gasteiger partial charge in [0.2, 0.25) is 10.0 Å². The molecule has 3 nitrogen and oxygen atoms in total. The van der Waals surface area contributed by atoms with Gasteiger partial charge in [0.15, 0.2) is 0 Å². The molecular weight excluding hydrogens is 266 g/mol. The summed E-state index contributed by atoms with van der Waals surface area (Å²) in [4.78, 5) is 0. The molecule has 1 aliphatic carbocycles. The molecule has 0 N–H and O–H groups in total.